The van der Waals surface area contributed by atoms with E-state index in [-0.39, 0.29) is 17.9 Å². The number of anilines is 2. The van der Waals surface area contributed by atoms with Gasteiger partial charge in [-0.05, 0) is 75.4 Å². The van der Waals surface area contributed by atoms with Gasteiger partial charge in [0.1, 0.15) is 5.41 Å². The highest BCUT2D eigenvalue weighted by atomic mass is 16.5. The molecule has 0 bridgehead atoms. The zero-order chi connectivity index (χ0) is 21.6. The number of benzene rings is 2. The zero-order valence-electron chi connectivity index (χ0n) is 18.0. The summed E-state index contributed by atoms with van der Waals surface area (Å²) in [6.07, 6.45) is 3.93. The Bertz CT molecular complexity index is 1060. The molecule has 2 atom stereocenters. The SMILES string of the molecule is CCOC(=O)c1ccc(N2N=C(C)[C@@]3(Cc4ccccc4N4CCCC[C@@H]43)C2=O)cc1. The Morgan fingerprint density at radius 2 is 1.94 bits per heavy atom. The number of carbonyl (C=O) groups excluding carboxylic acids is 2. The lowest BCUT2D eigenvalue weighted by Gasteiger charge is -2.51. The molecule has 31 heavy (non-hydrogen) atoms. The Morgan fingerprint density at radius 3 is 2.71 bits per heavy atom. The molecule has 0 aliphatic carbocycles. The van der Waals surface area contributed by atoms with Crippen LogP contribution in [0.4, 0.5) is 11.4 Å². The second-order valence-corrected chi connectivity index (χ2v) is 8.55. The Balaban J connectivity index is 1.51. The second kappa shape index (κ2) is 7.52. The van der Waals surface area contributed by atoms with E-state index in [1.807, 2.05) is 6.92 Å². The van der Waals surface area contributed by atoms with Gasteiger partial charge in [-0.25, -0.2) is 4.79 Å². The number of ether oxygens (including phenoxy) is 1. The van der Waals surface area contributed by atoms with Crippen LogP contribution in [0.5, 0.6) is 0 Å². The van der Waals surface area contributed by atoms with Crippen molar-refractivity contribution in [2.24, 2.45) is 10.5 Å². The first-order valence-corrected chi connectivity index (χ1v) is 11.1. The number of amides is 1. The molecular formula is C25H27N3O3. The molecule has 1 fully saturated rings. The molecule has 1 spiro atoms. The van der Waals surface area contributed by atoms with Crippen molar-refractivity contribution < 1.29 is 14.3 Å². The van der Waals surface area contributed by atoms with E-state index in [1.165, 1.54) is 16.3 Å². The van der Waals surface area contributed by atoms with Crippen LogP contribution in [0.25, 0.3) is 0 Å². The van der Waals surface area contributed by atoms with Crippen molar-refractivity contribution in [3.05, 3.63) is 59.7 Å². The number of carbonyl (C=O) groups is 2. The maximum atomic E-state index is 14.0. The van der Waals surface area contributed by atoms with Gasteiger partial charge < -0.3 is 9.64 Å². The smallest absolute Gasteiger partial charge is 0.338 e. The van der Waals surface area contributed by atoms with Gasteiger partial charge in [0.2, 0.25) is 0 Å². The van der Waals surface area contributed by atoms with E-state index >= 15 is 0 Å². The van der Waals surface area contributed by atoms with Crippen LogP contribution in [0, 0.1) is 5.41 Å². The summed E-state index contributed by atoms with van der Waals surface area (Å²) < 4.78 is 5.06. The third-order valence-corrected chi connectivity index (χ3v) is 6.93. The van der Waals surface area contributed by atoms with E-state index in [0.717, 1.165) is 31.5 Å². The standard InChI is InChI=1S/C25H27N3O3/c1-3-31-23(29)18-11-13-20(14-12-18)28-24(30)25(17(2)26-28)16-19-8-4-5-9-21(19)27-15-7-6-10-22(25)27/h4-5,8-9,11-14,22H,3,6-7,10,15-16H2,1-2H3/t22-,25-/m1/s1. The average molecular weight is 418 g/mol. The molecule has 3 aliphatic heterocycles. The Hall–Kier alpha value is -3.15. The molecule has 3 aliphatic rings. The average Bonchev–Trinajstić information content (AvgIpc) is 3.05. The number of hydrogen-bond donors (Lipinski definition) is 0. The van der Waals surface area contributed by atoms with E-state index in [9.17, 15) is 9.59 Å². The summed E-state index contributed by atoms with van der Waals surface area (Å²) in [6.45, 7) is 5.07. The number of hydrogen-bond acceptors (Lipinski definition) is 5. The van der Waals surface area contributed by atoms with Crippen molar-refractivity contribution >= 4 is 29.0 Å². The predicted octanol–water partition coefficient (Wildman–Crippen LogP) is 4.19. The van der Waals surface area contributed by atoms with E-state index in [2.05, 4.69) is 29.2 Å². The first kappa shape index (κ1) is 19.8. The van der Waals surface area contributed by atoms with E-state index in [0.29, 0.717) is 24.3 Å². The largest absolute Gasteiger partial charge is 0.462 e. The van der Waals surface area contributed by atoms with Crippen molar-refractivity contribution in [1.29, 1.82) is 0 Å². The maximum Gasteiger partial charge on any atom is 0.338 e. The lowest BCUT2D eigenvalue weighted by Crippen LogP contribution is -2.61. The molecule has 1 saturated heterocycles. The van der Waals surface area contributed by atoms with Gasteiger partial charge in [-0.15, -0.1) is 0 Å². The molecule has 1 amide bonds. The van der Waals surface area contributed by atoms with Crippen molar-refractivity contribution in [1.82, 2.24) is 0 Å². The van der Waals surface area contributed by atoms with Gasteiger partial charge in [0.25, 0.3) is 5.91 Å². The molecule has 0 saturated carbocycles. The molecule has 6 nitrogen and oxygen atoms in total. The Kier molecular flexibility index (Phi) is 4.80. The molecule has 2 aromatic carbocycles. The summed E-state index contributed by atoms with van der Waals surface area (Å²) in [4.78, 5) is 28.4. The van der Waals surface area contributed by atoms with Gasteiger partial charge in [0.15, 0.2) is 0 Å². The lowest BCUT2D eigenvalue weighted by atomic mass is 9.66. The van der Waals surface area contributed by atoms with E-state index in [4.69, 9.17) is 9.84 Å². The van der Waals surface area contributed by atoms with Gasteiger partial charge in [0, 0.05) is 18.3 Å². The molecule has 0 radical (unpaired) electrons. The molecule has 0 N–H and O–H groups in total. The third-order valence-electron chi connectivity index (χ3n) is 6.93. The van der Waals surface area contributed by atoms with Crippen LogP contribution in [0.1, 0.15) is 49.0 Å². The first-order chi connectivity index (χ1) is 15.1. The number of para-hydroxylation sites is 1. The fourth-order valence-electron chi connectivity index (χ4n) is 5.43. The minimum Gasteiger partial charge on any atom is -0.462 e. The number of hydrazone groups is 1. The van der Waals surface area contributed by atoms with Gasteiger partial charge in [0.05, 0.1) is 23.6 Å². The third kappa shape index (κ3) is 2.96. The van der Waals surface area contributed by atoms with Crippen LogP contribution in [-0.2, 0) is 16.0 Å². The summed E-state index contributed by atoms with van der Waals surface area (Å²) in [7, 11) is 0. The van der Waals surface area contributed by atoms with Crippen molar-refractivity contribution in [3.63, 3.8) is 0 Å². The highest BCUT2D eigenvalue weighted by Crippen LogP contribution is 2.49. The number of fused-ring (bicyclic) bond motifs is 4. The molecule has 6 heteroatoms. The van der Waals surface area contributed by atoms with Crippen LogP contribution in [0.2, 0.25) is 0 Å². The van der Waals surface area contributed by atoms with Crippen molar-refractivity contribution in [2.45, 2.75) is 45.6 Å². The Labute approximate surface area is 182 Å². The second-order valence-electron chi connectivity index (χ2n) is 8.55. The van der Waals surface area contributed by atoms with Gasteiger partial charge in [-0.2, -0.15) is 10.1 Å². The van der Waals surface area contributed by atoms with E-state index < -0.39 is 5.41 Å². The minimum atomic E-state index is -0.644. The summed E-state index contributed by atoms with van der Waals surface area (Å²) in [6, 6.07) is 15.5. The molecule has 5 rings (SSSR count). The number of esters is 1. The van der Waals surface area contributed by atoms with Gasteiger partial charge >= 0.3 is 5.97 Å². The van der Waals surface area contributed by atoms with Gasteiger partial charge in [-0.1, -0.05) is 18.2 Å². The zero-order valence-corrected chi connectivity index (χ0v) is 18.0. The molecule has 2 aromatic rings. The molecule has 0 aromatic heterocycles. The molecule has 160 valence electrons. The summed E-state index contributed by atoms with van der Waals surface area (Å²) in [5, 5.41) is 6.28. The monoisotopic (exact) mass is 417 g/mol. The van der Waals surface area contributed by atoms with E-state index in [1.54, 1.807) is 31.2 Å². The maximum absolute atomic E-state index is 14.0. The summed E-state index contributed by atoms with van der Waals surface area (Å²) >= 11 is 0. The van der Waals surface area contributed by atoms with Crippen LogP contribution in [-0.4, -0.2) is 36.8 Å². The fraction of sp³-hybridized carbons (Fsp3) is 0.400. The first-order valence-electron chi connectivity index (χ1n) is 11.1. The highest BCUT2D eigenvalue weighted by molar-refractivity contribution is 6.20. The molecule has 0 unspecified atom stereocenters. The number of nitrogens with zero attached hydrogens (tertiary/aromatic N) is 3. The number of rotatable bonds is 3. The highest BCUT2D eigenvalue weighted by Gasteiger charge is 2.58. The van der Waals surface area contributed by atoms with Crippen LogP contribution in [0.15, 0.2) is 53.6 Å². The number of piperidine rings is 1. The molecule has 3 heterocycles. The van der Waals surface area contributed by atoms with Crippen LogP contribution >= 0.6 is 0 Å². The normalized spacial score (nSPS) is 24.6. The Morgan fingerprint density at radius 1 is 1.16 bits per heavy atom. The predicted molar refractivity (Wildman–Crippen MR) is 121 cm³/mol. The van der Waals surface area contributed by atoms with Gasteiger partial charge in [-0.3, -0.25) is 4.79 Å². The lowest BCUT2D eigenvalue weighted by molar-refractivity contribution is -0.125. The quantitative estimate of drug-likeness (QED) is 0.703. The fourth-order valence-corrected chi connectivity index (χ4v) is 5.43. The van der Waals surface area contributed by atoms with Crippen molar-refractivity contribution in [3.8, 4) is 0 Å². The minimum absolute atomic E-state index is 0.0280. The topological polar surface area (TPSA) is 62.2 Å². The van der Waals surface area contributed by atoms with Crippen LogP contribution < -0.4 is 9.91 Å². The summed E-state index contributed by atoms with van der Waals surface area (Å²) in [5.41, 5.74) is 3.85. The van der Waals surface area contributed by atoms with Crippen LogP contribution in [0.3, 0.4) is 0 Å². The summed E-state index contributed by atoms with van der Waals surface area (Å²) in [5.74, 6) is -0.333. The van der Waals surface area contributed by atoms with Crippen molar-refractivity contribution in [2.75, 3.05) is 23.1 Å². The molecular weight excluding hydrogens is 390 g/mol.